The highest BCUT2D eigenvalue weighted by atomic mass is 32.2. The van der Waals surface area contributed by atoms with Crippen LogP contribution in [0.1, 0.15) is 23.1 Å². The lowest BCUT2D eigenvalue weighted by Crippen LogP contribution is -2.51. The van der Waals surface area contributed by atoms with E-state index in [-0.39, 0.29) is 31.8 Å². The second kappa shape index (κ2) is 9.14. The number of piperazine rings is 1. The summed E-state index contributed by atoms with van der Waals surface area (Å²) in [5, 5.41) is 0. The molecule has 2 fully saturated rings. The first kappa shape index (κ1) is 25.0. The highest BCUT2D eigenvalue weighted by molar-refractivity contribution is 7.89. The van der Waals surface area contributed by atoms with Crippen LogP contribution >= 0.6 is 0 Å². The Labute approximate surface area is 193 Å². The minimum atomic E-state index is -4.65. The fourth-order valence-corrected chi connectivity index (χ4v) is 5.81. The number of benzene rings is 2. The standard InChI is InChI=1S/C22H22F6N2O3S/c23-21(24,25)16-6-4-15(5-7-16)14-33-19-11-18-12-30(9-8-29(18)13-19)34(31,32)20-3-1-2-17(10-20)22(26,27)28/h1-7,10,18-19H,8-9,11-14H2/t18-,19+/m0/s1. The number of halogens is 6. The zero-order valence-corrected chi connectivity index (χ0v) is 18.6. The van der Waals surface area contributed by atoms with Crippen LogP contribution in [0.25, 0.3) is 0 Å². The predicted molar refractivity (Wildman–Crippen MR) is 110 cm³/mol. The normalized spacial score (nSPS) is 22.6. The van der Waals surface area contributed by atoms with Crippen LogP contribution in [0.15, 0.2) is 53.4 Å². The maximum Gasteiger partial charge on any atom is 0.416 e. The third-order valence-electron chi connectivity index (χ3n) is 6.11. The van der Waals surface area contributed by atoms with E-state index in [1.165, 1.54) is 16.4 Å². The van der Waals surface area contributed by atoms with Crippen LogP contribution in [-0.4, -0.2) is 55.9 Å². The molecule has 0 aromatic heterocycles. The van der Waals surface area contributed by atoms with E-state index >= 15 is 0 Å². The molecule has 4 rings (SSSR count). The minimum Gasteiger partial charge on any atom is -0.372 e. The predicted octanol–water partition coefficient (Wildman–Crippen LogP) is 4.39. The molecule has 2 aromatic carbocycles. The molecule has 0 spiro atoms. The molecule has 34 heavy (non-hydrogen) atoms. The smallest absolute Gasteiger partial charge is 0.372 e. The summed E-state index contributed by atoms with van der Waals surface area (Å²) in [4.78, 5) is 1.67. The Morgan fingerprint density at radius 2 is 1.56 bits per heavy atom. The molecule has 12 heteroatoms. The molecule has 0 N–H and O–H groups in total. The van der Waals surface area contributed by atoms with Gasteiger partial charge in [-0.1, -0.05) is 18.2 Å². The van der Waals surface area contributed by atoms with Crippen LogP contribution in [-0.2, 0) is 33.7 Å². The van der Waals surface area contributed by atoms with Gasteiger partial charge in [0.1, 0.15) is 0 Å². The molecule has 0 aliphatic carbocycles. The van der Waals surface area contributed by atoms with E-state index in [0.717, 1.165) is 30.3 Å². The average Bonchev–Trinajstić information content (AvgIpc) is 3.19. The number of hydrogen-bond donors (Lipinski definition) is 0. The zero-order valence-electron chi connectivity index (χ0n) is 17.8. The van der Waals surface area contributed by atoms with Crippen molar-refractivity contribution in [3.63, 3.8) is 0 Å². The van der Waals surface area contributed by atoms with E-state index in [0.29, 0.717) is 31.1 Å². The number of alkyl halides is 6. The first-order valence-electron chi connectivity index (χ1n) is 10.5. The number of sulfonamides is 1. The van der Waals surface area contributed by atoms with Gasteiger partial charge >= 0.3 is 12.4 Å². The third-order valence-corrected chi connectivity index (χ3v) is 7.97. The van der Waals surface area contributed by atoms with Gasteiger partial charge in [-0.3, -0.25) is 4.90 Å². The average molecular weight is 508 g/mol. The molecule has 0 saturated carbocycles. The van der Waals surface area contributed by atoms with Crippen molar-refractivity contribution in [1.82, 2.24) is 9.21 Å². The number of fused-ring (bicyclic) bond motifs is 1. The summed E-state index contributed by atoms with van der Waals surface area (Å²) in [6.07, 6.45) is -8.78. The maximum atomic E-state index is 13.0. The molecule has 2 atom stereocenters. The summed E-state index contributed by atoms with van der Waals surface area (Å²) in [6.45, 7) is 1.33. The van der Waals surface area contributed by atoms with Crippen molar-refractivity contribution < 1.29 is 39.5 Å². The Kier molecular flexibility index (Phi) is 6.71. The molecule has 2 aromatic rings. The van der Waals surface area contributed by atoms with Gasteiger partial charge in [0.05, 0.1) is 28.7 Å². The molecular formula is C22H22F6N2O3S. The fourth-order valence-electron chi connectivity index (χ4n) is 4.29. The number of ether oxygens (including phenoxy) is 1. The summed E-state index contributed by atoms with van der Waals surface area (Å²) < 4.78 is 110. The molecule has 0 unspecified atom stereocenters. The van der Waals surface area contributed by atoms with Crippen molar-refractivity contribution in [2.75, 3.05) is 26.2 Å². The largest absolute Gasteiger partial charge is 0.416 e. The van der Waals surface area contributed by atoms with E-state index in [2.05, 4.69) is 4.90 Å². The molecule has 2 heterocycles. The van der Waals surface area contributed by atoms with Crippen molar-refractivity contribution in [2.24, 2.45) is 0 Å². The van der Waals surface area contributed by atoms with Crippen molar-refractivity contribution in [2.45, 2.75) is 42.4 Å². The van der Waals surface area contributed by atoms with Crippen LogP contribution < -0.4 is 0 Å². The lowest BCUT2D eigenvalue weighted by Gasteiger charge is -2.36. The Morgan fingerprint density at radius 3 is 2.21 bits per heavy atom. The van der Waals surface area contributed by atoms with E-state index in [1.807, 2.05) is 0 Å². The summed E-state index contributed by atoms with van der Waals surface area (Å²) in [6, 6.07) is 8.24. The Bertz CT molecular complexity index is 1120. The summed E-state index contributed by atoms with van der Waals surface area (Å²) in [5.74, 6) is 0. The van der Waals surface area contributed by atoms with Gasteiger partial charge in [0, 0.05) is 32.2 Å². The Balaban J connectivity index is 1.36. The summed E-state index contributed by atoms with van der Waals surface area (Å²) in [5.41, 5.74) is -1.17. The second-order valence-electron chi connectivity index (χ2n) is 8.40. The Morgan fingerprint density at radius 1 is 0.882 bits per heavy atom. The van der Waals surface area contributed by atoms with Gasteiger partial charge in [0.2, 0.25) is 10.0 Å². The van der Waals surface area contributed by atoms with Gasteiger partial charge in [-0.05, 0) is 42.3 Å². The van der Waals surface area contributed by atoms with Crippen LogP contribution in [0.4, 0.5) is 26.3 Å². The molecule has 186 valence electrons. The highest BCUT2D eigenvalue weighted by Gasteiger charge is 2.41. The molecule has 2 saturated heterocycles. The molecule has 0 radical (unpaired) electrons. The Hall–Kier alpha value is -2.15. The minimum absolute atomic E-state index is 0.121. The lowest BCUT2D eigenvalue weighted by atomic mass is 10.1. The second-order valence-corrected chi connectivity index (χ2v) is 10.3. The molecule has 2 aliphatic heterocycles. The fraction of sp³-hybridized carbons (Fsp3) is 0.455. The van der Waals surface area contributed by atoms with Crippen LogP contribution in [0.2, 0.25) is 0 Å². The first-order chi connectivity index (χ1) is 15.8. The van der Waals surface area contributed by atoms with Crippen molar-refractivity contribution >= 4 is 10.0 Å². The molecule has 5 nitrogen and oxygen atoms in total. The van der Waals surface area contributed by atoms with E-state index in [4.69, 9.17) is 4.74 Å². The molecule has 0 amide bonds. The van der Waals surface area contributed by atoms with Gasteiger partial charge in [-0.15, -0.1) is 0 Å². The van der Waals surface area contributed by atoms with Crippen LogP contribution in [0, 0.1) is 0 Å². The topological polar surface area (TPSA) is 49.9 Å². The molecular weight excluding hydrogens is 486 g/mol. The van der Waals surface area contributed by atoms with Gasteiger partial charge in [0.15, 0.2) is 0 Å². The van der Waals surface area contributed by atoms with Crippen LogP contribution in [0.5, 0.6) is 0 Å². The van der Waals surface area contributed by atoms with Crippen LogP contribution in [0.3, 0.4) is 0 Å². The lowest BCUT2D eigenvalue weighted by molar-refractivity contribution is -0.138. The maximum absolute atomic E-state index is 13.0. The summed E-state index contributed by atoms with van der Waals surface area (Å²) >= 11 is 0. The monoisotopic (exact) mass is 508 g/mol. The van der Waals surface area contributed by atoms with E-state index < -0.39 is 38.4 Å². The third kappa shape index (κ3) is 5.40. The van der Waals surface area contributed by atoms with Gasteiger partial charge < -0.3 is 4.74 Å². The van der Waals surface area contributed by atoms with Gasteiger partial charge in [-0.25, -0.2) is 8.42 Å². The highest BCUT2D eigenvalue weighted by Crippen LogP contribution is 2.33. The number of rotatable bonds is 5. The first-order valence-corrected chi connectivity index (χ1v) is 12.0. The number of nitrogens with zero attached hydrogens (tertiary/aromatic N) is 2. The van der Waals surface area contributed by atoms with Crippen molar-refractivity contribution in [3.8, 4) is 0 Å². The quantitative estimate of drug-likeness (QED) is 0.563. The van der Waals surface area contributed by atoms with Gasteiger partial charge in [0.25, 0.3) is 0 Å². The van der Waals surface area contributed by atoms with E-state index in [1.54, 1.807) is 0 Å². The van der Waals surface area contributed by atoms with Gasteiger partial charge in [-0.2, -0.15) is 30.6 Å². The molecule has 2 aliphatic rings. The SMILES string of the molecule is O=S(=O)(c1cccc(C(F)(F)F)c1)N1CCN2C[C@H](OCc3ccc(C(F)(F)F)cc3)C[C@H]2C1. The number of hydrogen-bond acceptors (Lipinski definition) is 4. The molecule has 0 bridgehead atoms. The van der Waals surface area contributed by atoms with E-state index in [9.17, 15) is 34.8 Å². The summed E-state index contributed by atoms with van der Waals surface area (Å²) in [7, 11) is -4.10. The van der Waals surface area contributed by atoms with Crippen molar-refractivity contribution in [3.05, 3.63) is 65.2 Å². The zero-order chi connectivity index (χ0) is 24.7. The van der Waals surface area contributed by atoms with Crippen molar-refractivity contribution in [1.29, 1.82) is 0 Å².